The van der Waals surface area contributed by atoms with Crippen molar-refractivity contribution in [3.63, 3.8) is 0 Å². The Bertz CT molecular complexity index is 407. The number of hydrogen-bond donors (Lipinski definition) is 1. The number of hydrogen-bond acceptors (Lipinski definition) is 4. The Kier molecular flexibility index (Phi) is 2.12. The molecule has 0 aliphatic heterocycles. The van der Waals surface area contributed by atoms with Crippen LogP contribution in [0.5, 0.6) is 0 Å². The molecule has 0 aliphatic carbocycles. The molecular weight excluding hydrogens is 186 g/mol. The van der Waals surface area contributed by atoms with E-state index in [1.807, 2.05) is 13.1 Å². The second-order valence-corrected chi connectivity index (χ2v) is 3.75. The Morgan fingerprint density at radius 2 is 2.46 bits per heavy atom. The fraction of sp³-hybridized carbons (Fsp3) is 0.250. The molecule has 2 aromatic rings. The Morgan fingerprint density at radius 3 is 3.00 bits per heavy atom. The van der Waals surface area contributed by atoms with E-state index in [1.54, 1.807) is 17.1 Å². The lowest BCUT2D eigenvalue weighted by Crippen LogP contribution is -1.92. The van der Waals surface area contributed by atoms with Crippen LogP contribution in [0.25, 0.3) is 10.7 Å². The predicted octanol–water partition coefficient (Wildman–Crippen LogP) is 1.04. The molecule has 0 amide bonds. The lowest BCUT2D eigenvalue weighted by molar-refractivity contribution is 0.285. The summed E-state index contributed by atoms with van der Waals surface area (Å²) in [4.78, 5) is 5.06. The molecule has 0 saturated carbocycles. The normalized spacial score (nSPS) is 10.6. The molecule has 2 rings (SSSR count). The molecular formula is C8H9N3OS. The maximum absolute atomic E-state index is 8.87. The molecule has 2 aromatic heterocycles. The number of aryl methyl sites for hydroxylation is 1. The highest BCUT2D eigenvalue weighted by atomic mass is 32.1. The number of aromatic nitrogens is 3. The minimum Gasteiger partial charge on any atom is -0.391 e. The average Bonchev–Trinajstić information content (AvgIpc) is 2.71. The van der Waals surface area contributed by atoms with Crippen LogP contribution in [-0.4, -0.2) is 19.9 Å². The lowest BCUT2D eigenvalue weighted by atomic mass is 10.4. The van der Waals surface area contributed by atoms with Crippen molar-refractivity contribution >= 4 is 11.3 Å². The van der Waals surface area contributed by atoms with Crippen LogP contribution in [0, 0.1) is 0 Å². The van der Waals surface area contributed by atoms with Crippen LogP contribution >= 0.6 is 11.3 Å². The Morgan fingerprint density at radius 1 is 1.62 bits per heavy atom. The molecule has 0 atom stereocenters. The van der Waals surface area contributed by atoms with Crippen molar-refractivity contribution in [2.24, 2.45) is 7.05 Å². The van der Waals surface area contributed by atoms with Crippen LogP contribution in [0.2, 0.25) is 0 Å². The minimum atomic E-state index is 0.0511. The number of rotatable bonds is 2. The average molecular weight is 195 g/mol. The molecule has 1 N–H and O–H groups in total. The van der Waals surface area contributed by atoms with Crippen molar-refractivity contribution < 1.29 is 5.11 Å². The van der Waals surface area contributed by atoms with Crippen molar-refractivity contribution in [3.8, 4) is 10.7 Å². The van der Waals surface area contributed by atoms with E-state index in [1.165, 1.54) is 11.3 Å². The molecule has 0 fully saturated rings. The Labute approximate surface area is 79.5 Å². The van der Waals surface area contributed by atoms with E-state index in [0.717, 1.165) is 15.6 Å². The maximum Gasteiger partial charge on any atom is 0.141 e. The summed E-state index contributed by atoms with van der Waals surface area (Å²) in [6, 6.07) is 1.90. The second kappa shape index (κ2) is 3.27. The van der Waals surface area contributed by atoms with Gasteiger partial charge in [0.2, 0.25) is 0 Å². The molecule has 5 heteroatoms. The summed E-state index contributed by atoms with van der Waals surface area (Å²) in [6.07, 6.45) is 3.42. The largest absolute Gasteiger partial charge is 0.391 e. The molecule has 0 aliphatic rings. The van der Waals surface area contributed by atoms with Crippen molar-refractivity contribution in [3.05, 3.63) is 23.3 Å². The molecule has 0 bridgehead atoms. The van der Waals surface area contributed by atoms with Crippen molar-refractivity contribution in [1.29, 1.82) is 0 Å². The summed E-state index contributed by atoms with van der Waals surface area (Å²) in [6.45, 7) is 0.0511. The van der Waals surface area contributed by atoms with Gasteiger partial charge < -0.3 is 5.11 Å². The molecule has 0 spiro atoms. The summed E-state index contributed by atoms with van der Waals surface area (Å²) in [5.41, 5.74) is 0.977. The fourth-order valence-electron chi connectivity index (χ4n) is 1.08. The number of aliphatic hydroxyl groups is 1. The summed E-state index contributed by atoms with van der Waals surface area (Å²) in [5.74, 6) is 0. The van der Waals surface area contributed by atoms with E-state index in [4.69, 9.17) is 5.11 Å². The topological polar surface area (TPSA) is 50.9 Å². The Balaban J connectivity index is 2.41. The van der Waals surface area contributed by atoms with Gasteiger partial charge in [0, 0.05) is 19.4 Å². The Hall–Kier alpha value is -1.20. The summed E-state index contributed by atoms with van der Waals surface area (Å²) in [5, 5.41) is 13.8. The molecule has 2 heterocycles. The van der Waals surface area contributed by atoms with Gasteiger partial charge in [-0.25, -0.2) is 4.98 Å². The first kappa shape index (κ1) is 8.40. The molecule has 0 unspecified atom stereocenters. The van der Waals surface area contributed by atoms with Gasteiger partial charge in [-0.1, -0.05) is 0 Å². The van der Waals surface area contributed by atoms with Crippen LogP contribution in [0.1, 0.15) is 4.88 Å². The highest BCUT2D eigenvalue weighted by Gasteiger charge is 2.06. The smallest absolute Gasteiger partial charge is 0.141 e. The van der Waals surface area contributed by atoms with E-state index >= 15 is 0 Å². The third-order valence-corrected chi connectivity index (χ3v) is 2.75. The first-order valence-corrected chi connectivity index (χ1v) is 4.67. The van der Waals surface area contributed by atoms with Gasteiger partial charge >= 0.3 is 0 Å². The van der Waals surface area contributed by atoms with E-state index in [2.05, 4.69) is 10.1 Å². The molecule has 0 aromatic carbocycles. The van der Waals surface area contributed by atoms with Gasteiger partial charge in [0.1, 0.15) is 5.01 Å². The quantitative estimate of drug-likeness (QED) is 0.778. The van der Waals surface area contributed by atoms with Crippen LogP contribution in [0.15, 0.2) is 18.5 Å². The van der Waals surface area contributed by atoms with Gasteiger partial charge in [0.15, 0.2) is 0 Å². The predicted molar refractivity (Wildman–Crippen MR) is 50.2 cm³/mol. The monoisotopic (exact) mass is 195 g/mol. The molecule has 4 nitrogen and oxygen atoms in total. The molecule has 0 radical (unpaired) electrons. The van der Waals surface area contributed by atoms with Gasteiger partial charge in [-0.05, 0) is 6.07 Å². The van der Waals surface area contributed by atoms with Gasteiger partial charge in [-0.15, -0.1) is 11.3 Å². The zero-order chi connectivity index (χ0) is 9.26. The highest BCUT2D eigenvalue weighted by molar-refractivity contribution is 7.14. The summed E-state index contributed by atoms with van der Waals surface area (Å²) < 4.78 is 1.76. The third-order valence-electron chi connectivity index (χ3n) is 1.75. The van der Waals surface area contributed by atoms with E-state index in [0.29, 0.717) is 0 Å². The zero-order valence-electron chi connectivity index (χ0n) is 7.14. The minimum absolute atomic E-state index is 0.0511. The van der Waals surface area contributed by atoms with Gasteiger partial charge in [-0.2, -0.15) is 5.10 Å². The standard InChI is InChI=1S/C8H9N3OS/c1-11-7(2-3-10-11)8-9-4-6(5-12)13-8/h2-4,12H,5H2,1H3. The second-order valence-electron chi connectivity index (χ2n) is 2.63. The van der Waals surface area contributed by atoms with Gasteiger partial charge in [-0.3, -0.25) is 4.68 Å². The van der Waals surface area contributed by atoms with E-state index in [9.17, 15) is 0 Å². The van der Waals surface area contributed by atoms with Crippen molar-refractivity contribution in [1.82, 2.24) is 14.8 Å². The summed E-state index contributed by atoms with van der Waals surface area (Å²) >= 11 is 1.48. The van der Waals surface area contributed by atoms with E-state index < -0.39 is 0 Å². The van der Waals surface area contributed by atoms with E-state index in [-0.39, 0.29) is 6.61 Å². The third kappa shape index (κ3) is 1.48. The number of nitrogens with zero attached hydrogens (tertiary/aromatic N) is 3. The van der Waals surface area contributed by atoms with Crippen LogP contribution in [0.3, 0.4) is 0 Å². The molecule has 0 saturated heterocycles. The van der Waals surface area contributed by atoms with Gasteiger partial charge in [0.25, 0.3) is 0 Å². The maximum atomic E-state index is 8.87. The molecule has 13 heavy (non-hydrogen) atoms. The number of thiazole rings is 1. The van der Waals surface area contributed by atoms with Crippen LogP contribution in [0.4, 0.5) is 0 Å². The fourth-order valence-corrected chi connectivity index (χ4v) is 1.91. The van der Waals surface area contributed by atoms with Gasteiger partial charge in [0.05, 0.1) is 17.2 Å². The number of aliphatic hydroxyl groups excluding tert-OH is 1. The highest BCUT2D eigenvalue weighted by Crippen LogP contribution is 2.23. The SMILES string of the molecule is Cn1nccc1-c1ncc(CO)s1. The first-order chi connectivity index (χ1) is 6.31. The van der Waals surface area contributed by atoms with Crippen LogP contribution in [-0.2, 0) is 13.7 Å². The first-order valence-electron chi connectivity index (χ1n) is 3.85. The van der Waals surface area contributed by atoms with Crippen molar-refractivity contribution in [2.75, 3.05) is 0 Å². The van der Waals surface area contributed by atoms with Crippen LogP contribution < -0.4 is 0 Å². The summed E-state index contributed by atoms with van der Waals surface area (Å²) in [7, 11) is 1.87. The lowest BCUT2D eigenvalue weighted by Gasteiger charge is -1.94. The zero-order valence-corrected chi connectivity index (χ0v) is 7.95. The van der Waals surface area contributed by atoms with Crippen molar-refractivity contribution in [2.45, 2.75) is 6.61 Å². The molecule has 68 valence electrons.